The lowest BCUT2D eigenvalue weighted by molar-refractivity contribution is 0.214. The molecule has 1 aliphatic rings. The van der Waals surface area contributed by atoms with Gasteiger partial charge < -0.3 is 15.3 Å². The fourth-order valence-electron chi connectivity index (χ4n) is 2.11. The van der Waals surface area contributed by atoms with Crippen LogP contribution in [-0.4, -0.2) is 29.1 Å². The molecule has 19 heavy (non-hydrogen) atoms. The maximum atomic E-state index is 12.1. The Hall–Kier alpha value is -1.13. The molecule has 6 heteroatoms. The average molecular weight is 303 g/mol. The highest BCUT2D eigenvalue weighted by Crippen LogP contribution is 2.34. The quantitative estimate of drug-likeness (QED) is 0.767. The van der Waals surface area contributed by atoms with Crippen molar-refractivity contribution < 1.29 is 9.90 Å². The highest BCUT2D eigenvalue weighted by molar-refractivity contribution is 6.37. The van der Waals surface area contributed by atoms with Gasteiger partial charge in [0.25, 0.3) is 0 Å². The van der Waals surface area contributed by atoms with Crippen LogP contribution in [0.4, 0.5) is 10.5 Å². The predicted molar refractivity (Wildman–Crippen MR) is 77.2 cm³/mol. The largest absolute Gasteiger partial charge is 0.505 e. The Bertz CT molecular complexity index is 449. The molecule has 0 bridgehead atoms. The van der Waals surface area contributed by atoms with Gasteiger partial charge in [-0.1, -0.05) is 36.0 Å². The van der Waals surface area contributed by atoms with Crippen LogP contribution in [0.1, 0.15) is 25.7 Å². The summed E-state index contributed by atoms with van der Waals surface area (Å²) >= 11 is 11.6. The van der Waals surface area contributed by atoms with Crippen LogP contribution < -0.4 is 5.32 Å². The zero-order chi connectivity index (χ0) is 13.8. The number of hydrogen-bond donors (Lipinski definition) is 2. The lowest BCUT2D eigenvalue weighted by atomic mass is 10.2. The molecule has 0 radical (unpaired) electrons. The van der Waals surface area contributed by atoms with E-state index in [9.17, 15) is 9.90 Å². The number of halogens is 2. The standard InChI is InChI=1S/C13H16Cl2N2O2/c14-10-7-9(8-11(15)12(10)18)16-13(19)17-5-3-1-2-4-6-17/h7-8,18H,1-6H2,(H,16,19). The summed E-state index contributed by atoms with van der Waals surface area (Å²) in [5.74, 6) is -0.170. The van der Waals surface area contributed by atoms with Gasteiger partial charge in [-0.3, -0.25) is 0 Å². The third-order valence-electron chi connectivity index (χ3n) is 3.16. The van der Waals surface area contributed by atoms with Crippen LogP contribution in [0.25, 0.3) is 0 Å². The van der Waals surface area contributed by atoms with Crippen molar-refractivity contribution in [1.82, 2.24) is 4.90 Å². The highest BCUT2D eigenvalue weighted by Gasteiger charge is 2.16. The monoisotopic (exact) mass is 302 g/mol. The summed E-state index contributed by atoms with van der Waals surface area (Å²) in [7, 11) is 0. The van der Waals surface area contributed by atoms with E-state index in [1.54, 1.807) is 4.90 Å². The summed E-state index contributed by atoms with van der Waals surface area (Å²) in [6, 6.07) is 2.82. The number of carbonyl (C=O) groups excluding carboxylic acids is 1. The zero-order valence-corrected chi connectivity index (χ0v) is 12.0. The molecule has 0 saturated carbocycles. The summed E-state index contributed by atoms with van der Waals surface area (Å²) in [6.45, 7) is 1.54. The predicted octanol–water partition coefficient (Wildman–Crippen LogP) is 4.11. The molecule has 0 aromatic heterocycles. The van der Waals surface area contributed by atoms with Gasteiger partial charge in [-0.15, -0.1) is 0 Å². The maximum Gasteiger partial charge on any atom is 0.321 e. The lowest BCUT2D eigenvalue weighted by Crippen LogP contribution is -2.35. The van der Waals surface area contributed by atoms with Crippen LogP contribution >= 0.6 is 23.2 Å². The molecule has 2 amide bonds. The summed E-state index contributed by atoms with van der Waals surface area (Å²) in [4.78, 5) is 13.9. The van der Waals surface area contributed by atoms with Gasteiger partial charge >= 0.3 is 6.03 Å². The molecule has 104 valence electrons. The summed E-state index contributed by atoms with van der Waals surface area (Å²) < 4.78 is 0. The zero-order valence-electron chi connectivity index (χ0n) is 10.5. The molecule has 1 saturated heterocycles. The maximum absolute atomic E-state index is 12.1. The molecule has 1 aliphatic heterocycles. The Balaban J connectivity index is 2.05. The van der Waals surface area contributed by atoms with E-state index in [4.69, 9.17) is 23.2 Å². The first-order chi connectivity index (χ1) is 9.08. The smallest absolute Gasteiger partial charge is 0.321 e. The van der Waals surface area contributed by atoms with Crippen LogP contribution in [-0.2, 0) is 0 Å². The molecule has 1 heterocycles. The Morgan fingerprint density at radius 2 is 1.63 bits per heavy atom. The van der Waals surface area contributed by atoms with Crippen molar-refractivity contribution in [2.75, 3.05) is 18.4 Å². The number of hydrogen-bond acceptors (Lipinski definition) is 2. The van der Waals surface area contributed by atoms with Gasteiger partial charge in [0.2, 0.25) is 0 Å². The van der Waals surface area contributed by atoms with Crippen molar-refractivity contribution in [3.8, 4) is 5.75 Å². The molecule has 1 aromatic carbocycles. The number of amides is 2. The number of phenols is 1. The van der Waals surface area contributed by atoms with E-state index in [0.717, 1.165) is 25.9 Å². The van der Waals surface area contributed by atoms with Crippen molar-refractivity contribution in [1.29, 1.82) is 0 Å². The molecule has 1 fully saturated rings. The molecule has 1 aromatic rings. The minimum absolute atomic E-state index is 0.124. The Labute approximate surface area is 122 Å². The van der Waals surface area contributed by atoms with E-state index in [2.05, 4.69) is 5.32 Å². The molecule has 0 aliphatic carbocycles. The number of phenolic OH excluding ortho intramolecular Hbond substituents is 1. The Kier molecular flexibility index (Phi) is 4.77. The fourth-order valence-corrected chi connectivity index (χ4v) is 2.60. The highest BCUT2D eigenvalue weighted by atomic mass is 35.5. The van der Waals surface area contributed by atoms with Crippen molar-refractivity contribution in [3.63, 3.8) is 0 Å². The van der Waals surface area contributed by atoms with Crippen LogP contribution in [0.3, 0.4) is 0 Å². The van der Waals surface area contributed by atoms with E-state index < -0.39 is 0 Å². The van der Waals surface area contributed by atoms with E-state index in [1.165, 1.54) is 25.0 Å². The number of nitrogens with zero attached hydrogens (tertiary/aromatic N) is 1. The second-order valence-electron chi connectivity index (χ2n) is 4.62. The normalized spacial score (nSPS) is 16.0. The van der Waals surface area contributed by atoms with Gasteiger partial charge in [0, 0.05) is 18.8 Å². The SMILES string of the molecule is O=C(Nc1cc(Cl)c(O)c(Cl)c1)N1CCCCCC1. The summed E-state index contributed by atoms with van der Waals surface area (Å²) in [5, 5.41) is 12.5. The second-order valence-corrected chi connectivity index (χ2v) is 5.43. The average Bonchev–Trinajstić information content (AvgIpc) is 2.64. The first kappa shape index (κ1) is 14.3. The van der Waals surface area contributed by atoms with Crippen LogP contribution in [0.5, 0.6) is 5.75 Å². The van der Waals surface area contributed by atoms with Crippen molar-refractivity contribution in [2.45, 2.75) is 25.7 Å². The lowest BCUT2D eigenvalue weighted by Gasteiger charge is -2.21. The Morgan fingerprint density at radius 3 is 2.16 bits per heavy atom. The summed E-state index contributed by atoms with van der Waals surface area (Å²) in [5.41, 5.74) is 0.488. The van der Waals surface area contributed by atoms with Crippen LogP contribution in [0.15, 0.2) is 12.1 Å². The number of aromatic hydroxyl groups is 1. The van der Waals surface area contributed by atoms with Gasteiger partial charge in [0.15, 0.2) is 5.75 Å². The third kappa shape index (κ3) is 3.67. The van der Waals surface area contributed by atoms with Gasteiger partial charge in [-0.05, 0) is 25.0 Å². The van der Waals surface area contributed by atoms with Gasteiger partial charge in [0.05, 0.1) is 10.0 Å². The van der Waals surface area contributed by atoms with E-state index in [-0.39, 0.29) is 21.8 Å². The minimum atomic E-state index is -0.170. The van der Waals surface area contributed by atoms with Crippen molar-refractivity contribution in [3.05, 3.63) is 22.2 Å². The number of rotatable bonds is 1. The number of benzene rings is 1. The van der Waals surface area contributed by atoms with Gasteiger partial charge in [0.1, 0.15) is 0 Å². The first-order valence-electron chi connectivity index (χ1n) is 6.32. The van der Waals surface area contributed by atoms with Crippen molar-refractivity contribution in [2.24, 2.45) is 0 Å². The first-order valence-corrected chi connectivity index (χ1v) is 7.07. The van der Waals surface area contributed by atoms with E-state index in [1.807, 2.05) is 0 Å². The summed E-state index contributed by atoms with van der Waals surface area (Å²) in [6.07, 6.45) is 4.40. The van der Waals surface area contributed by atoms with Gasteiger partial charge in [-0.2, -0.15) is 0 Å². The number of anilines is 1. The second kappa shape index (κ2) is 6.35. The molecule has 0 unspecified atom stereocenters. The molecule has 0 atom stereocenters. The Morgan fingerprint density at radius 1 is 1.11 bits per heavy atom. The minimum Gasteiger partial charge on any atom is -0.505 e. The number of likely N-dealkylation sites (tertiary alicyclic amines) is 1. The van der Waals surface area contributed by atoms with Crippen LogP contribution in [0.2, 0.25) is 10.0 Å². The van der Waals surface area contributed by atoms with Gasteiger partial charge in [-0.25, -0.2) is 4.79 Å². The van der Waals surface area contributed by atoms with E-state index in [0.29, 0.717) is 5.69 Å². The third-order valence-corrected chi connectivity index (χ3v) is 3.74. The number of carbonyl (C=O) groups is 1. The van der Waals surface area contributed by atoms with Crippen molar-refractivity contribution >= 4 is 34.9 Å². The van der Waals surface area contributed by atoms with Crippen LogP contribution in [0, 0.1) is 0 Å². The molecular weight excluding hydrogens is 287 g/mol. The molecule has 2 N–H and O–H groups in total. The molecule has 0 spiro atoms. The number of urea groups is 1. The fraction of sp³-hybridized carbons (Fsp3) is 0.462. The molecule has 2 rings (SSSR count). The topological polar surface area (TPSA) is 52.6 Å². The molecule has 4 nitrogen and oxygen atoms in total. The molecular formula is C13H16Cl2N2O2. The van der Waals surface area contributed by atoms with E-state index >= 15 is 0 Å². The number of nitrogens with one attached hydrogen (secondary N) is 1.